The van der Waals surface area contributed by atoms with Crippen LogP contribution in [-0.4, -0.2) is 21.1 Å². The molecule has 0 unspecified atom stereocenters. The number of amides is 1. The Morgan fingerprint density at radius 3 is 2.19 bits per heavy atom. The SMILES string of the molecule is O=C(Cn1c(=O)c(=O)n(Cc2ccc(Cl)cc2)c2ccccc21)NC1CC1. The topological polar surface area (TPSA) is 73.1 Å². The molecule has 0 saturated heterocycles. The van der Waals surface area contributed by atoms with Crippen LogP contribution in [0.5, 0.6) is 0 Å². The molecule has 1 aromatic heterocycles. The normalized spacial score (nSPS) is 13.7. The predicted octanol–water partition coefficient (Wildman–Crippen LogP) is 2.14. The first kappa shape index (κ1) is 17.5. The number of carbonyl (C=O) groups is 1. The Kier molecular flexibility index (Phi) is 4.58. The van der Waals surface area contributed by atoms with Crippen molar-refractivity contribution in [2.45, 2.75) is 32.0 Å². The molecule has 138 valence electrons. The highest BCUT2D eigenvalue weighted by molar-refractivity contribution is 6.30. The molecule has 2 aromatic carbocycles. The fourth-order valence-electron chi connectivity index (χ4n) is 3.10. The van der Waals surface area contributed by atoms with Crippen molar-refractivity contribution in [3.05, 3.63) is 79.8 Å². The summed E-state index contributed by atoms with van der Waals surface area (Å²) in [4.78, 5) is 37.7. The highest BCUT2D eigenvalue weighted by Gasteiger charge is 2.24. The lowest BCUT2D eigenvalue weighted by atomic mass is 10.2. The number of hydrogen-bond acceptors (Lipinski definition) is 3. The Balaban J connectivity index is 1.79. The number of aromatic nitrogens is 2. The molecule has 0 bridgehead atoms. The molecule has 0 atom stereocenters. The maximum Gasteiger partial charge on any atom is 0.317 e. The molecule has 1 saturated carbocycles. The monoisotopic (exact) mass is 383 g/mol. The summed E-state index contributed by atoms with van der Waals surface area (Å²) >= 11 is 5.92. The Morgan fingerprint density at radius 1 is 0.963 bits per heavy atom. The summed E-state index contributed by atoms with van der Waals surface area (Å²) in [5.41, 5.74) is 0.671. The minimum atomic E-state index is -0.700. The molecule has 0 spiro atoms. The number of nitrogens with zero attached hydrogens (tertiary/aromatic N) is 2. The molecular formula is C20H18ClN3O3. The minimum absolute atomic E-state index is 0.160. The van der Waals surface area contributed by atoms with Gasteiger partial charge in [-0.25, -0.2) is 0 Å². The quantitative estimate of drug-likeness (QED) is 0.686. The summed E-state index contributed by atoms with van der Waals surface area (Å²) in [5, 5.41) is 3.46. The van der Waals surface area contributed by atoms with E-state index in [2.05, 4.69) is 5.32 Å². The third-order valence-corrected chi connectivity index (χ3v) is 4.89. The summed E-state index contributed by atoms with van der Waals surface area (Å²) in [6, 6.07) is 14.4. The van der Waals surface area contributed by atoms with Gasteiger partial charge in [-0.3, -0.25) is 23.5 Å². The highest BCUT2D eigenvalue weighted by atomic mass is 35.5. The number of fused-ring (bicyclic) bond motifs is 1. The zero-order valence-corrected chi connectivity index (χ0v) is 15.3. The van der Waals surface area contributed by atoms with Crippen LogP contribution in [0.25, 0.3) is 11.0 Å². The summed E-state index contributed by atoms with van der Waals surface area (Å²) in [6.45, 7) is 0.0910. The van der Waals surface area contributed by atoms with Crippen LogP contribution in [-0.2, 0) is 17.9 Å². The maximum atomic E-state index is 12.8. The summed E-state index contributed by atoms with van der Waals surface area (Å²) < 4.78 is 2.70. The molecule has 0 radical (unpaired) electrons. The smallest absolute Gasteiger partial charge is 0.317 e. The number of nitrogens with one attached hydrogen (secondary N) is 1. The minimum Gasteiger partial charge on any atom is -0.352 e. The summed E-state index contributed by atoms with van der Waals surface area (Å²) in [5.74, 6) is -0.250. The zero-order chi connectivity index (χ0) is 19.0. The summed E-state index contributed by atoms with van der Waals surface area (Å²) in [6.07, 6.45) is 1.92. The van der Waals surface area contributed by atoms with Gasteiger partial charge in [0.2, 0.25) is 5.91 Å². The van der Waals surface area contributed by atoms with Gasteiger partial charge in [0.15, 0.2) is 0 Å². The van der Waals surface area contributed by atoms with Gasteiger partial charge in [0.1, 0.15) is 6.54 Å². The van der Waals surface area contributed by atoms with E-state index in [0.717, 1.165) is 18.4 Å². The van der Waals surface area contributed by atoms with Gasteiger partial charge in [0.05, 0.1) is 17.6 Å². The largest absolute Gasteiger partial charge is 0.352 e. The van der Waals surface area contributed by atoms with Crippen molar-refractivity contribution in [3.63, 3.8) is 0 Å². The molecular weight excluding hydrogens is 366 g/mol. The van der Waals surface area contributed by atoms with Crippen molar-refractivity contribution in [1.82, 2.24) is 14.5 Å². The van der Waals surface area contributed by atoms with E-state index in [1.807, 2.05) is 12.1 Å². The van der Waals surface area contributed by atoms with Gasteiger partial charge in [-0.15, -0.1) is 0 Å². The fourth-order valence-corrected chi connectivity index (χ4v) is 3.23. The van der Waals surface area contributed by atoms with Crippen molar-refractivity contribution in [2.75, 3.05) is 0 Å². The first-order chi connectivity index (χ1) is 13.0. The van der Waals surface area contributed by atoms with Gasteiger partial charge >= 0.3 is 11.1 Å². The molecule has 1 heterocycles. The number of rotatable bonds is 5. The lowest BCUT2D eigenvalue weighted by molar-refractivity contribution is -0.121. The first-order valence-corrected chi connectivity index (χ1v) is 9.17. The maximum absolute atomic E-state index is 12.8. The van der Waals surface area contributed by atoms with Crippen LogP contribution in [0.4, 0.5) is 0 Å². The van der Waals surface area contributed by atoms with Crippen molar-refractivity contribution < 1.29 is 4.79 Å². The molecule has 7 heteroatoms. The molecule has 1 aliphatic carbocycles. The van der Waals surface area contributed by atoms with E-state index in [1.54, 1.807) is 36.4 Å². The Labute approximate surface area is 160 Å². The van der Waals surface area contributed by atoms with Crippen molar-refractivity contribution >= 4 is 28.5 Å². The van der Waals surface area contributed by atoms with Crippen LogP contribution in [0.3, 0.4) is 0 Å². The fraction of sp³-hybridized carbons (Fsp3) is 0.250. The lowest BCUT2D eigenvalue weighted by Crippen LogP contribution is -2.44. The van der Waals surface area contributed by atoms with Gasteiger partial charge < -0.3 is 5.32 Å². The number of hydrogen-bond donors (Lipinski definition) is 1. The van der Waals surface area contributed by atoms with Crippen LogP contribution in [0.1, 0.15) is 18.4 Å². The van der Waals surface area contributed by atoms with Crippen LogP contribution >= 0.6 is 11.6 Å². The Morgan fingerprint density at radius 2 is 1.56 bits per heavy atom. The number of halogens is 1. The van der Waals surface area contributed by atoms with Crippen LogP contribution in [0.2, 0.25) is 5.02 Å². The predicted molar refractivity (Wildman–Crippen MR) is 104 cm³/mol. The molecule has 27 heavy (non-hydrogen) atoms. The van der Waals surface area contributed by atoms with Crippen molar-refractivity contribution in [2.24, 2.45) is 0 Å². The third kappa shape index (κ3) is 3.66. The number of benzene rings is 2. The molecule has 4 rings (SSSR count). The lowest BCUT2D eigenvalue weighted by Gasteiger charge is -2.15. The highest BCUT2D eigenvalue weighted by Crippen LogP contribution is 2.19. The molecule has 6 nitrogen and oxygen atoms in total. The second-order valence-corrected chi connectivity index (χ2v) is 7.18. The van der Waals surface area contributed by atoms with Crippen molar-refractivity contribution in [1.29, 1.82) is 0 Å². The van der Waals surface area contributed by atoms with Crippen LogP contribution < -0.4 is 16.4 Å². The summed E-state index contributed by atoms with van der Waals surface area (Å²) in [7, 11) is 0. The van der Waals surface area contributed by atoms with E-state index < -0.39 is 11.1 Å². The second-order valence-electron chi connectivity index (χ2n) is 6.74. The standard InChI is InChI=1S/C20H18ClN3O3/c21-14-7-5-13(6-8-14)11-23-16-3-1-2-4-17(16)24(20(27)19(23)26)12-18(25)22-15-9-10-15/h1-8,15H,9-12H2,(H,22,25). The second kappa shape index (κ2) is 7.04. The van der Waals surface area contributed by atoms with Gasteiger partial charge in [-0.2, -0.15) is 0 Å². The van der Waals surface area contributed by atoms with Gasteiger partial charge in [-0.1, -0.05) is 35.9 Å². The molecule has 3 aromatic rings. The molecule has 0 aliphatic heterocycles. The molecule has 1 fully saturated rings. The van der Waals surface area contributed by atoms with Crippen LogP contribution in [0.15, 0.2) is 58.1 Å². The van der Waals surface area contributed by atoms with E-state index in [0.29, 0.717) is 16.1 Å². The third-order valence-electron chi connectivity index (χ3n) is 4.63. The average Bonchev–Trinajstić information content (AvgIpc) is 3.48. The van der Waals surface area contributed by atoms with Crippen LogP contribution in [0, 0.1) is 0 Å². The van der Waals surface area contributed by atoms with E-state index >= 15 is 0 Å². The molecule has 1 amide bonds. The van der Waals surface area contributed by atoms with Gasteiger partial charge in [0.25, 0.3) is 0 Å². The average molecular weight is 384 g/mol. The van der Waals surface area contributed by atoms with E-state index in [1.165, 1.54) is 9.13 Å². The number of carbonyl (C=O) groups excluding carboxylic acids is 1. The van der Waals surface area contributed by atoms with E-state index in [4.69, 9.17) is 11.6 Å². The van der Waals surface area contributed by atoms with Gasteiger partial charge in [0, 0.05) is 11.1 Å². The van der Waals surface area contributed by atoms with Crippen molar-refractivity contribution in [3.8, 4) is 0 Å². The zero-order valence-electron chi connectivity index (χ0n) is 14.5. The Hall–Kier alpha value is -2.86. The van der Waals surface area contributed by atoms with E-state index in [-0.39, 0.29) is 25.0 Å². The van der Waals surface area contributed by atoms with E-state index in [9.17, 15) is 14.4 Å². The molecule has 1 aliphatic rings. The Bertz CT molecular complexity index is 1130. The first-order valence-electron chi connectivity index (χ1n) is 8.79. The number of para-hydroxylation sites is 2. The molecule has 1 N–H and O–H groups in total. The van der Waals surface area contributed by atoms with Gasteiger partial charge in [-0.05, 0) is 42.7 Å².